The zero-order chi connectivity index (χ0) is 17.4. The van der Waals surface area contributed by atoms with Crippen LogP contribution in [0.2, 0.25) is 5.02 Å². The number of H-pyrrole nitrogens is 1. The van der Waals surface area contributed by atoms with Crippen LogP contribution in [-0.2, 0) is 4.79 Å². The summed E-state index contributed by atoms with van der Waals surface area (Å²) in [7, 11) is 0. The van der Waals surface area contributed by atoms with E-state index in [1.54, 1.807) is 6.07 Å². The summed E-state index contributed by atoms with van der Waals surface area (Å²) >= 11 is 8.79. The van der Waals surface area contributed by atoms with Crippen molar-refractivity contribution < 1.29 is 4.79 Å². The molecule has 2 aromatic carbocycles. The van der Waals surface area contributed by atoms with E-state index in [0.29, 0.717) is 15.3 Å². The lowest BCUT2D eigenvalue weighted by atomic mass is 10.2. The Morgan fingerprint density at radius 1 is 1.32 bits per heavy atom. The molecule has 1 amide bonds. The number of aromatic nitrogens is 3. The quantitative estimate of drug-likeness (QED) is 0.489. The van der Waals surface area contributed by atoms with Crippen molar-refractivity contribution in [1.82, 2.24) is 15.0 Å². The van der Waals surface area contributed by atoms with Crippen LogP contribution in [0.3, 0.4) is 0 Å². The van der Waals surface area contributed by atoms with Gasteiger partial charge in [-0.3, -0.25) is 4.79 Å². The number of hydrogen-bond donors (Lipinski definition) is 2. The molecule has 0 aliphatic rings. The second-order valence-corrected chi connectivity index (χ2v) is 7.91. The average molecular weight is 389 g/mol. The molecular formula is C17H13ClN4OS2. The molecule has 25 heavy (non-hydrogen) atoms. The molecule has 2 N–H and O–H groups in total. The molecule has 8 heteroatoms. The maximum absolute atomic E-state index is 12.2. The summed E-state index contributed by atoms with van der Waals surface area (Å²) in [4.78, 5) is 24.3. The molecule has 0 aliphatic heterocycles. The first-order valence-corrected chi connectivity index (χ1v) is 9.70. The van der Waals surface area contributed by atoms with Gasteiger partial charge < -0.3 is 10.3 Å². The van der Waals surface area contributed by atoms with Gasteiger partial charge in [-0.05, 0) is 36.8 Å². The van der Waals surface area contributed by atoms with E-state index in [9.17, 15) is 4.79 Å². The number of aromatic amines is 1. The van der Waals surface area contributed by atoms with Gasteiger partial charge in [0.2, 0.25) is 5.91 Å². The Morgan fingerprint density at radius 3 is 3.04 bits per heavy atom. The lowest BCUT2D eigenvalue weighted by molar-refractivity contribution is -0.113. The Hall–Kier alpha value is -2.09. The third-order valence-corrected chi connectivity index (χ3v) is 5.67. The fraction of sp³-hybridized carbons (Fsp3) is 0.118. The Kier molecular flexibility index (Phi) is 4.37. The van der Waals surface area contributed by atoms with Crippen LogP contribution in [0.4, 0.5) is 5.13 Å². The predicted molar refractivity (Wildman–Crippen MR) is 105 cm³/mol. The summed E-state index contributed by atoms with van der Waals surface area (Å²) in [5.41, 5.74) is 3.72. The van der Waals surface area contributed by atoms with Crippen LogP contribution in [0.15, 0.2) is 41.6 Å². The molecular weight excluding hydrogens is 376 g/mol. The first kappa shape index (κ1) is 16.4. The van der Waals surface area contributed by atoms with E-state index in [2.05, 4.69) is 20.3 Å². The van der Waals surface area contributed by atoms with Gasteiger partial charge in [-0.15, -0.1) is 0 Å². The van der Waals surface area contributed by atoms with E-state index in [4.69, 9.17) is 11.6 Å². The van der Waals surface area contributed by atoms with E-state index < -0.39 is 0 Å². The maximum Gasteiger partial charge on any atom is 0.236 e. The number of thiazole rings is 1. The van der Waals surface area contributed by atoms with Gasteiger partial charge >= 0.3 is 0 Å². The fourth-order valence-corrected chi connectivity index (χ4v) is 4.27. The summed E-state index contributed by atoms with van der Waals surface area (Å²) in [6.07, 6.45) is 0. The highest BCUT2D eigenvalue weighted by atomic mass is 35.5. The number of nitrogens with one attached hydrogen (secondary N) is 2. The van der Waals surface area contributed by atoms with E-state index >= 15 is 0 Å². The standard InChI is InChI=1S/C17H13ClN4OS2/c1-9-3-2-4-13-15(9)22-17(25-13)21-14(23)8-24-16-19-11-6-5-10(18)7-12(11)20-16/h2-7H,8H2,1H3,(H,19,20)(H,21,22,23). The van der Waals surface area contributed by atoms with Crippen LogP contribution in [0.1, 0.15) is 5.56 Å². The van der Waals surface area contributed by atoms with Gasteiger partial charge in [0.25, 0.3) is 0 Å². The summed E-state index contributed by atoms with van der Waals surface area (Å²) in [5, 5.41) is 4.81. The molecule has 4 rings (SSSR count). The van der Waals surface area contributed by atoms with Crippen LogP contribution in [0.5, 0.6) is 0 Å². The Bertz CT molecular complexity index is 1090. The van der Waals surface area contributed by atoms with Crippen LogP contribution < -0.4 is 5.32 Å². The Morgan fingerprint density at radius 2 is 2.20 bits per heavy atom. The number of thioether (sulfide) groups is 1. The molecule has 0 fully saturated rings. The van der Waals surface area contributed by atoms with Gasteiger partial charge in [0.05, 0.1) is 27.0 Å². The minimum atomic E-state index is -0.111. The molecule has 0 unspecified atom stereocenters. The monoisotopic (exact) mass is 388 g/mol. The summed E-state index contributed by atoms with van der Waals surface area (Å²) in [6, 6.07) is 11.5. The van der Waals surface area contributed by atoms with Gasteiger partial charge in [0.1, 0.15) is 0 Å². The first-order valence-electron chi connectivity index (χ1n) is 7.52. The van der Waals surface area contributed by atoms with Crippen molar-refractivity contribution in [3.8, 4) is 0 Å². The van der Waals surface area contributed by atoms with Gasteiger partial charge in [-0.2, -0.15) is 0 Å². The third-order valence-electron chi connectivity index (χ3n) is 3.63. The molecule has 0 spiro atoms. The molecule has 2 aromatic heterocycles. The second-order valence-electron chi connectivity index (χ2n) is 5.48. The number of carbonyl (C=O) groups is 1. The minimum absolute atomic E-state index is 0.111. The number of fused-ring (bicyclic) bond motifs is 2. The highest BCUT2D eigenvalue weighted by Crippen LogP contribution is 2.28. The number of aryl methyl sites for hydroxylation is 1. The number of imidazole rings is 1. The highest BCUT2D eigenvalue weighted by molar-refractivity contribution is 7.99. The number of halogens is 1. The van der Waals surface area contributed by atoms with E-state index in [1.807, 2.05) is 37.3 Å². The number of amides is 1. The molecule has 0 radical (unpaired) electrons. The summed E-state index contributed by atoms with van der Waals surface area (Å²) in [6.45, 7) is 2.01. The molecule has 0 saturated carbocycles. The normalized spacial score (nSPS) is 11.3. The van der Waals surface area contributed by atoms with E-state index in [0.717, 1.165) is 26.8 Å². The van der Waals surface area contributed by atoms with Crippen LogP contribution >= 0.6 is 34.7 Å². The van der Waals surface area contributed by atoms with Crippen molar-refractivity contribution >= 4 is 67.0 Å². The predicted octanol–water partition coefficient (Wildman–Crippen LogP) is 4.87. The SMILES string of the molecule is Cc1cccc2sc(NC(=O)CSc3nc4ccc(Cl)cc4[nH]3)nc12. The molecule has 0 saturated heterocycles. The van der Waals surface area contributed by atoms with Crippen molar-refractivity contribution in [3.05, 3.63) is 47.0 Å². The first-order chi connectivity index (χ1) is 12.1. The molecule has 5 nitrogen and oxygen atoms in total. The van der Waals surface area contributed by atoms with E-state index in [1.165, 1.54) is 23.1 Å². The fourth-order valence-electron chi connectivity index (χ4n) is 2.46. The number of rotatable bonds is 4. The van der Waals surface area contributed by atoms with Crippen molar-refractivity contribution in [2.75, 3.05) is 11.1 Å². The highest BCUT2D eigenvalue weighted by Gasteiger charge is 2.11. The van der Waals surface area contributed by atoms with Gasteiger partial charge in [-0.25, -0.2) is 9.97 Å². The van der Waals surface area contributed by atoms with Crippen molar-refractivity contribution in [1.29, 1.82) is 0 Å². The van der Waals surface area contributed by atoms with Crippen LogP contribution in [-0.4, -0.2) is 26.6 Å². The van der Waals surface area contributed by atoms with Crippen molar-refractivity contribution in [3.63, 3.8) is 0 Å². The molecule has 2 heterocycles. The molecule has 4 aromatic rings. The zero-order valence-electron chi connectivity index (χ0n) is 13.2. The van der Waals surface area contributed by atoms with Crippen molar-refractivity contribution in [2.24, 2.45) is 0 Å². The van der Waals surface area contributed by atoms with Gasteiger partial charge in [0.15, 0.2) is 10.3 Å². The average Bonchev–Trinajstić information content (AvgIpc) is 3.16. The summed E-state index contributed by atoms with van der Waals surface area (Å²) in [5.74, 6) is 0.142. The number of hydrogen-bond acceptors (Lipinski definition) is 5. The number of nitrogens with zero attached hydrogens (tertiary/aromatic N) is 2. The molecule has 126 valence electrons. The largest absolute Gasteiger partial charge is 0.333 e. The topological polar surface area (TPSA) is 70.7 Å². The zero-order valence-corrected chi connectivity index (χ0v) is 15.6. The minimum Gasteiger partial charge on any atom is -0.333 e. The van der Waals surface area contributed by atoms with Gasteiger partial charge in [0, 0.05) is 5.02 Å². The lowest BCUT2D eigenvalue weighted by Crippen LogP contribution is -2.13. The molecule has 0 bridgehead atoms. The van der Waals surface area contributed by atoms with Gasteiger partial charge in [-0.1, -0.05) is 46.8 Å². The van der Waals surface area contributed by atoms with Crippen LogP contribution in [0.25, 0.3) is 21.3 Å². The van der Waals surface area contributed by atoms with Crippen molar-refractivity contribution in [2.45, 2.75) is 12.1 Å². The third kappa shape index (κ3) is 3.49. The number of carbonyl (C=O) groups excluding carboxylic acids is 1. The molecule has 0 aliphatic carbocycles. The van der Waals surface area contributed by atoms with E-state index in [-0.39, 0.29) is 11.7 Å². The number of benzene rings is 2. The number of para-hydroxylation sites is 1. The summed E-state index contributed by atoms with van der Waals surface area (Å²) < 4.78 is 1.07. The van der Waals surface area contributed by atoms with Crippen LogP contribution in [0, 0.1) is 6.92 Å². The number of anilines is 1. The Balaban J connectivity index is 1.43. The Labute approximate surface area is 156 Å². The lowest BCUT2D eigenvalue weighted by Gasteiger charge is -1.99. The molecule has 0 atom stereocenters. The smallest absolute Gasteiger partial charge is 0.236 e. The second kappa shape index (κ2) is 6.67. The maximum atomic E-state index is 12.2.